The number of thiophene rings is 1. The van der Waals surface area contributed by atoms with E-state index in [1.54, 1.807) is 11.3 Å². The van der Waals surface area contributed by atoms with Crippen molar-refractivity contribution in [2.75, 3.05) is 0 Å². The van der Waals surface area contributed by atoms with Gasteiger partial charge in [0.2, 0.25) is 0 Å². The fourth-order valence-electron chi connectivity index (χ4n) is 0.563. The SMILES string of the molecule is C=Bc1ccc(C)s1. The summed E-state index contributed by atoms with van der Waals surface area (Å²) in [5, 5.41) is 0. The molecule has 0 aromatic carbocycles. The topological polar surface area (TPSA) is 0 Å². The van der Waals surface area contributed by atoms with E-state index in [2.05, 4.69) is 25.5 Å². The first-order valence-corrected chi connectivity index (χ1v) is 3.33. The fraction of sp³-hybridized carbons (Fsp3) is 0.167. The van der Waals surface area contributed by atoms with Crippen molar-refractivity contribution in [1.29, 1.82) is 0 Å². The van der Waals surface area contributed by atoms with Crippen LogP contribution in [-0.4, -0.2) is 13.4 Å². The minimum atomic E-state index is 1.25. The Labute approximate surface area is 54.1 Å². The van der Waals surface area contributed by atoms with Crippen molar-refractivity contribution < 1.29 is 0 Å². The monoisotopic (exact) mass is 122 g/mol. The molecule has 0 saturated carbocycles. The van der Waals surface area contributed by atoms with Gasteiger partial charge in [-0.1, -0.05) is 0 Å². The van der Waals surface area contributed by atoms with Crippen molar-refractivity contribution in [2.24, 2.45) is 0 Å². The van der Waals surface area contributed by atoms with Crippen LogP contribution in [0.15, 0.2) is 12.1 Å². The van der Waals surface area contributed by atoms with Crippen LogP contribution in [0, 0.1) is 6.92 Å². The van der Waals surface area contributed by atoms with Crippen LogP contribution in [0.4, 0.5) is 0 Å². The van der Waals surface area contributed by atoms with Gasteiger partial charge in [0.25, 0.3) is 0 Å². The molecule has 0 N–H and O–H groups in total. The van der Waals surface area contributed by atoms with Crippen LogP contribution in [0.25, 0.3) is 0 Å². The van der Waals surface area contributed by atoms with Crippen molar-refractivity contribution in [2.45, 2.75) is 6.92 Å². The van der Waals surface area contributed by atoms with Crippen LogP contribution < -0.4 is 4.78 Å². The van der Waals surface area contributed by atoms with Crippen LogP contribution >= 0.6 is 11.3 Å². The molecule has 0 spiro atoms. The molecule has 0 atom stereocenters. The fourth-order valence-corrected chi connectivity index (χ4v) is 1.29. The third-order valence-electron chi connectivity index (χ3n) is 0.962. The first kappa shape index (κ1) is 5.77. The molecule has 0 bridgehead atoms. The summed E-state index contributed by atoms with van der Waals surface area (Å²) in [6.45, 7) is 7.62. The zero-order valence-corrected chi connectivity index (χ0v) is 5.66. The maximum absolute atomic E-state index is 3.65. The van der Waals surface area contributed by atoms with Crippen LogP contribution in [0.3, 0.4) is 0 Å². The van der Waals surface area contributed by atoms with E-state index < -0.39 is 0 Å². The molecule has 0 fully saturated rings. The molecule has 0 saturated heterocycles. The average molecular weight is 122 g/mol. The number of rotatable bonds is 1. The molecule has 8 heavy (non-hydrogen) atoms. The van der Waals surface area contributed by atoms with Crippen molar-refractivity contribution in [1.82, 2.24) is 0 Å². The van der Waals surface area contributed by atoms with E-state index in [1.165, 1.54) is 9.65 Å². The molecule has 1 rings (SSSR count). The Morgan fingerprint density at radius 1 is 1.62 bits per heavy atom. The normalized spacial score (nSPS) is 8.62. The van der Waals surface area contributed by atoms with Crippen LogP contribution in [0.2, 0.25) is 0 Å². The Morgan fingerprint density at radius 2 is 2.38 bits per heavy atom. The van der Waals surface area contributed by atoms with E-state index in [4.69, 9.17) is 0 Å². The maximum atomic E-state index is 3.65. The molecule has 40 valence electrons. The van der Waals surface area contributed by atoms with Crippen molar-refractivity contribution in [3.8, 4) is 0 Å². The first-order valence-electron chi connectivity index (χ1n) is 2.52. The summed E-state index contributed by atoms with van der Waals surface area (Å²) in [5.74, 6) is 0. The molecule has 0 amide bonds. The summed E-state index contributed by atoms with van der Waals surface area (Å²) in [6.07, 6.45) is 0. The van der Waals surface area contributed by atoms with E-state index in [9.17, 15) is 0 Å². The average Bonchev–Trinajstić information content (AvgIpc) is 2.14. The summed E-state index contributed by atoms with van der Waals surface area (Å²) in [7, 11) is 0. The number of hydrogen-bond donors (Lipinski definition) is 0. The number of hydrogen-bond acceptors (Lipinski definition) is 1. The van der Waals surface area contributed by atoms with E-state index in [0.29, 0.717) is 0 Å². The third kappa shape index (κ3) is 1.07. The minimum absolute atomic E-state index is 1.25. The Morgan fingerprint density at radius 3 is 2.62 bits per heavy atom. The zero-order valence-electron chi connectivity index (χ0n) is 4.85. The van der Waals surface area contributed by atoms with E-state index >= 15 is 0 Å². The van der Waals surface area contributed by atoms with Gasteiger partial charge in [-0.2, -0.15) is 0 Å². The van der Waals surface area contributed by atoms with Gasteiger partial charge >= 0.3 is 53.4 Å². The van der Waals surface area contributed by atoms with Crippen LogP contribution in [0.5, 0.6) is 0 Å². The van der Waals surface area contributed by atoms with Gasteiger partial charge in [0.05, 0.1) is 0 Å². The summed E-state index contributed by atoms with van der Waals surface area (Å²) < 4.78 is 1.25. The summed E-state index contributed by atoms with van der Waals surface area (Å²) in [5.41, 5.74) is 0. The second-order valence-electron chi connectivity index (χ2n) is 1.65. The summed E-state index contributed by atoms with van der Waals surface area (Å²) in [4.78, 5) is 1.35. The predicted octanol–water partition coefficient (Wildman–Crippen LogP) is 0.818. The van der Waals surface area contributed by atoms with Gasteiger partial charge in [0.1, 0.15) is 0 Å². The van der Waals surface area contributed by atoms with E-state index in [0.717, 1.165) is 0 Å². The Kier molecular flexibility index (Phi) is 1.64. The Hall–Kier alpha value is -0.365. The molecule has 0 nitrogen and oxygen atoms in total. The second kappa shape index (κ2) is 2.27. The van der Waals surface area contributed by atoms with Crippen LogP contribution in [-0.2, 0) is 0 Å². The van der Waals surface area contributed by atoms with Crippen LogP contribution in [0.1, 0.15) is 4.88 Å². The molecule has 2 heteroatoms. The molecule has 0 unspecified atom stereocenters. The third-order valence-corrected chi connectivity index (χ3v) is 1.96. The molecule has 0 aliphatic heterocycles. The molecule has 1 aromatic heterocycles. The quantitative estimate of drug-likeness (QED) is 0.483. The van der Waals surface area contributed by atoms with E-state index in [-0.39, 0.29) is 0 Å². The molecule has 0 aliphatic rings. The Balaban J connectivity index is 3.00. The molecular weight excluding hydrogens is 115 g/mol. The first-order chi connectivity index (χ1) is 3.83. The number of aryl methyl sites for hydroxylation is 1. The zero-order chi connectivity index (χ0) is 5.98. The molecule has 0 aliphatic carbocycles. The standard InChI is InChI=1S/C6H7BS/c1-5-3-4-6(7-2)8-5/h3-4H,2H2,1H3. The van der Waals surface area contributed by atoms with Gasteiger partial charge in [0, 0.05) is 0 Å². The van der Waals surface area contributed by atoms with Gasteiger partial charge in [0.15, 0.2) is 0 Å². The second-order valence-corrected chi connectivity index (χ2v) is 2.97. The van der Waals surface area contributed by atoms with Gasteiger partial charge in [-0.15, -0.1) is 0 Å². The van der Waals surface area contributed by atoms with Gasteiger partial charge in [-0.05, 0) is 0 Å². The van der Waals surface area contributed by atoms with Gasteiger partial charge in [-0.25, -0.2) is 0 Å². The molecule has 1 aromatic rings. The van der Waals surface area contributed by atoms with Gasteiger partial charge in [-0.3, -0.25) is 0 Å². The predicted molar refractivity (Wildman–Crippen MR) is 41.6 cm³/mol. The van der Waals surface area contributed by atoms with Crippen molar-refractivity contribution in [3.63, 3.8) is 0 Å². The molecular formula is C6H7BS. The molecule has 0 radical (unpaired) electrons. The summed E-state index contributed by atoms with van der Waals surface area (Å²) >= 11 is 1.77. The van der Waals surface area contributed by atoms with Gasteiger partial charge < -0.3 is 0 Å². The molecule has 1 heterocycles. The Bertz CT molecular complexity index is 190. The van der Waals surface area contributed by atoms with Crippen molar-refractivity contribution in [3.05, 3.63) is 17.0 Å². The van der Waals surface area contributed by atoms with Crippen molar-refractivity contribution >= 4 is 29.5 Å². The summed E-state index contributed by atoms with van der Waals surface area (Å²) in [6, 6.07) is 4.18. The van der Waals surface area contributed by atoms with E-state index in [1.807, 2.05) is 6.92 Å².